The highest BCUT2D eigenvalue weighted by Gasteiger charge is 2.18. The van der Waals surface area contributed by atoms with Crippen LogP contribution >= 0.6 is 0 Å². The third kappa shape index (κ3) is 3.12. The van der Waals surface area contributed by atoms with Crippen LogP contribution < -0.4 is 9.81 Å². The Morgan fingerprint density at radius 1 is 0.957 bits per heavy atom. The van der Waals surface area contributed by atoms with Gasteiger partial charge in [0.15, 0.2) is 0 Å². The quantitative estimate of drug-likeness (QED) is 0.545. The zero-order valence-electron chi connectivity index (χ0n) is 12.6. The van der Waals surface area contributed by atoms with Crippen LogP contribution in [0.1, 0.15) is 11.1 Å². The Bertz CT molecular complexity index is 1030. The van der Waals surface area contributed by atoms with Gasteiger partial charge in [-0.2, -0.15) is 8.42 Å². The van der Waals surface area contributed by atoms with Gasteiger partial charge in [-0.1, -0.05) is 17.7 Å². The summed E-state index contributed by atoms with van der Waals surface area (Å²) in [4.78, 5) is 11.4. The van der Waals surface area contributed by atoms with Crippen LogP contribution in [0.2, 0.25) is 0 Å². The van der Waals surface area contributed by atoms with E-state index >= 15 is 0 Å². The summed E-state index contributed by atoms with van der Waals surface area (Å²) < 4.78 is 35.0. The first kappa shape index (κ1) is 15.3. The second-order valence-corrected chi connectivity index (χ2v) is 6.81. The molecule has 0 aliphatic heterocycles. The van der Waals surface area contributed by atoms with Crippen molar-refractivity contribution >= 4 is 21.1 Å². The van der Waals surface area contributed by atoms with E-state index < -0.39 is 15.7 Å². The molecule has 0 saturated carbocycles. The van der Waals surface area contributed by atoms with Gasteiger partial charge >= 0.3 is 15.7 Å². The number of hydrogen-bond donors (Lipinski definition) is 0. The lowest BCUT2D eigenvalue weighted by Crippen LogP contribution is -2.10. The molecule has 0 N–H and O–H groups in total. The Morgan fingerprint density at radius 3 is 2.35 bits per heavy atom. The molecule has 0 atom stereocenters. The molecule has 0 radical (unpaired) electrons. The number of aryl methyl sites for hydroxylation is 2. The van der Waals surface area contributed by atoms with Crippen molar-refractivity contribution < 1.29 is 17.0 Å². The van der Waals surface area contributed by atoms with Crippen molar-refractivity contribution in [3.8, 4) is 5.75 Å². The highest BCUT2D eigenvalue weighted by Crippen LogP contribution is 2.27. The first-order chi connectivity index (χ1) is 10.8. The molecule has 23 heavy (non-hydrogen) atoms. The number of hydrogen-bond acceptors (Lipinski definition) is 5. The van der Waals surface area contributed by atoms with E-state index in [2.05, 4.69) is 0 Å². The van der Waals surface area contributed by atoms with Gasteiger partial charge in [0.1, 0.15) is 16.2 Å². The molecule has 2 aromatic carbocycles. The van der Waals surface area contributed by atoms with Gasteiger partial charge in [-0.05, 0) is 43.7 Å². The fourth-order valence-corrected chi connectivity index (χ4v) is 3.15. The first-order valence-electron chi connectivity index (χ1n) is 6.91. The predicted octanol–water partition coefficient (Wildman–Crippen LogP) is 3.18. The average Bonchev–Trinajstić information content (AvgIpc) is 2.49. The molecule has 0 spiro atoms. The van der Waals surface area contributed by atoms with Gasteiger partial charge in [0.25, 0.3) is 0 Å². The average molecular weight is 330 g/mol. The molecule has 0 bridgehead atoms. The van der Waals surface area contributed by atoms with Crippen molar-refractivity contribution in [2.24, 2.45) is 0 Å². The van der Waals surface area contributed by atoms with E-state index in [9.17, 15) is 13.2 Å². The molecule has 3 aromatic rings. The van der Waals surface area contributed by atoms with Crippen molar-refractivity contribution in [2.45, 2.75) is 18.7 Å². The van der Waals surface area contributed by atoms with Crippen LogP contribution in [0.3, 0.4) is 0 Å². The molecule has 0 aliphatic rings. The summed E-state index contributed by atoms with van der Waals surface area (Å²) in [5.74, 6) is 0.132. The van der Waals surface area contributed by atoms with Crippen molar-refractivity contribution in [3.63, 3.8) is 0 Å². The fraction of sp³-hybridized carbons (Fsp3) is 0.118. The summed E-state index contributed by atoms with van der Waals surface area (Å²) in [5, 5.41) is 0.696. The summed E-state index contributed by atoms with van der Waals surface area (Å²) in [6.07, 6.45) is 0. The Morgan fingerprint density at radius 2 is 1.65 bits per heavy atom. The van der Waals surface area contributed by atoms with Gasteiger partial charge in [-0.25, -0.2) is 4.79 Å². The monoisotopic (exact) mass is 330 g/mol. The van der Waals surface area contributed by atoms with Gasteiger partial charge in [0, 0.05) is 17.5 Å². The maximum absolute atomic E-state index is 12.4. The molecule has 0 unspecified atom stereocenters. The van der Waals surface area contributed by atoms with Crippen LogP contribution in [0, 0.1) is 13.8 Å². The lowest BCUT2D eigenvalue weighted by Gasteiger charge is -2.10. The first-order valence-corrected chi connectivity index (χ1v) is 8.32. The summed E-state index contributed by atoms with van der Waals surface area (Å²) in [6.45, 7) is 3.59. The van der Waals surface area contributed by atoms with E-state index in [-0.39, 0.29) is 16.2 Å². The smallest absolute Gasteiger partial charge is 0.339 e. The lowest BCUT2D eigenvalue weighted by atomic mass is 10.1. The van der Waals surface area contributed by atoms with Gasteiger partial charge in [-0.15, -0.1) is 0 Å². The third-order valence-corrected chi connectivity index (χ3v) is 4.67. The highest BCUT2D eigenvalue weighted by atomic mass is 32.2. The molecule has 0 amide bonds. The predicted molar refractivity (Wildman–Crippen MR) is 86.2 cm³/mol. The van der Waals surface area contributed by atoms with Gasteiger partial charge in [-0.3, -0.25) is 0 Å². The topological polar surface area (TPSA) is 73.6 Å². The fourth-order valence-electron chi connectivity index (χ4n) is 2.17. The molecule has 5 nitrogen and oxygen atoms in total. The molecule has 3 rings (SSSR count). The van der Waals surface area contributed by atoms with E-state index in [1.165, 1.54) is 24.3 Å². The minimum atomic E-state index is -3.95. The lowest BCUT2D eigenvalue weighted by molar-refractivity contribution is 0.483. The Hall–Kier alpha value is -2.60. The van der Waals surface area contributed by atoms with Crippen LogP contribution in [-0.2, 0) is 10.1 Å². The number of rotatable bonds is 3. The van der Waals surface area contributed by atoms with Crippen LogP contribution in [0.15, 0.2) is 62.6 Å². The maximum Gasteiger partial charge on any atom is 0.339 e. The second-order valence-electron chi connectivity index (χ2n) is 5.26. The van der Waals surface area contributed by atoms with Crippen molar-refractivity contribution in [1.82, 2.24) is 0 Å². The molecule has 1 heterocycles. The van der Waals surface area contributed by atoms with Crippen LogP contribution in [0.5, 0.6) is 5.75 Å². The SMILES string of the molecule is Cc1ccc(S(=O)(=O)Oc2cc3oc(=O)ccc3cc2C)cc1. The molecule has 1 aromatic heterocycles. The molecule has 0 aliphatic carbocycles. The van der Waals surface area contributed by atoms with Crippen molar-refractivity contribution in [2.75, 3.05) is 0 Å². The Labute approximate surface area is 133 Å². The van der Waals surface area contributed by atoms with E-state index in [4.69, 9.17) is 8.60 Å². The molecule has 118 valence electrons. The maximum atomic E-state index is 12.4. The van der Waals surface area contributed by atoms with E-state index in [1.807, 2.05) is 6.92 Å². The summed E-state index contributed by atoms with van der Waals surface area (Å²) >= 11 is 0. The minimum absolute atomic E-state index is 0.0668. The standard InChI is InChI=1S/C17H14O5S/c1-11-3-6-14(7-4-11)23(19,20)22-15-10-16-13(9-12(15)2)5-8-17(18)21-16/h3-10H,1-2H3. The van der Waals surface area contributed by atoms with E-state index in [1.54, 1.807) is 31.2 Å². The summed E-state index contributed by atoms with van der Waals surface area (Å²) in [5.41, 5.74) is 1.35. The number of fused-ring (bicyclic) bond motifs is 1. The van der Waals surface area contributed by atoms with Crippen LogP contribution in [-0.4, -0.2) is 8.42 Å². The zero-order valence-corrected chi connectivity index (χ0v) is 13.4. The van der Waals surface area contributed by atoms with Gasteiger partial charge < -0.3 is 8.60 Å². The van der Waals surface area contributed by atoms with Gasteiger partial charge in [0.2, 0.25) is 0 Å². The largest absolute Gasteiger partial charge is 0.423 e. The van der Waals surface area contributed by atoms with Gasteiger partial charge in [0.05, 0.1) is 0 Å². The van der Waals surface area contributed by atoms with Crippen molar-refractivity contribution in [1.29, 1.82) is 0 Å². The Balaban J connectivity index is 2.04. The minimum Gasteiger partial charge on any atom is -0.423 e. The van der Waals surface area contributed by atoms with Crippen molar-refractivity contribution in [3.05, 3.63) is 70.1 Å². The number of benzene rings is 2. The third-order valence-electron chi connectivity index (χ3n) is 3.43. The highest BCUT2D eigenvalue weighted by molar-refractivity contribution is 7.87. The normalized spacial score (nSPS) is 11.6. The molecule has 0 fully saturated rings. The van der Waals surface area contributed by atoms with Crippen LogP contribution in [0.25, 0.3) is 11.0 Å². The molecule has 0 saturated heterocycles. The summed E-state index contributed by atoms with van der Waals surface area (Å²) in [6, 6.07) is 12.4. The zero-order chi connectivity index (χ0) is 16.6. The Kier molecular flexibility index (Phi) is 3.69. The molecular formula is C17H14O5S. The second kappa shape index (κ2) is 5.55. The van der Waals surface area contributed by atoms with E-state index in [0.29, 0.717) is 10.9 Å². The van der Waals surface area contributed by atoms with E-state index in [0.717, 1.165) is 5.56 Å². The molecule has 6 heteroatoms. The summed E-state index contributed by atoms with van der Waals surface area (Å²) in [7, 11) is -3.95. The van der Waals surface area contributed by atoms with Crippen LogP contribution in [0.4, 0.5) is 0 Å². The molecular weight excluding hydrogens is 316 g/mol.